The lowest BCUT2D eigenvalue weighted by Gasteiger charge is -2.34. The summed E-state index contributed by atoms with van der Waals surface area (Å²) in [5.74, 6) is -2.00. The molecule has 0 aliphatic carbocycles. The Hall–Kier alpha value is -1.81. The SMILES string of the molecule is C[C@@H](c1ccccc1)N1C(=O)[C@@H]2CCCN3OS(=O)(=O)O[C@]23C1=O. The summed E-state index contributed by atoms with van der Waals surface area (Å²) in [5.41, 5.74) is -1.11. The Balaban J connectivity index is 1.78. The lowest BCUT2D eigenvalue weighted by Crippen LogP contribution is -2.57. The van der Waals surface area contributed by atoms with E-state index in [0.717, 1.165) is 15.5 Å². The lowest BCUT2D eigenvalue weighted by atomic mass is 9.89. The van der Waals surface area contributed by atoms with Crippen molar-refractivity contribution in [2.24, 2.45) is 5.92 Å². The van der Waals surface area contributed by atoms with E-state index < -0.39 is 39.9 Å². The zero-order valence-electron chi connectivity index (χ0n) is 12.9. The fourth-order valence-corrected chi connectivity index (χ4v) is 4.74. The van der Waals surface area contributed by atoms with Crippen molar-refractivity contribution in [2.75, 3.05) is 6.54 Å². The summed E-state index contributed by atoms with van der Waals surface area (Å²) in [6.07, 6.45) is 0.913. The van der Waals surface area contributed by atoms with Gasteiger partial charge in [0.15, 0.2) is 0 Å². The molecule has 4 rings (SSSR count). The summed E-state index contributed by atoms with van der Waals surface area (Å²) in [4.78, 5) is 27.0. The first-order valence-corrected chi connectivity index (χ1v) is 9.05. The highest BCUT2D eigenvalue weighted by Gasteiger charge is 2.72. The van der Waals surface area contributed by atoms with Crippen molar-refractivity contribution in [3.8, 4) is 0 Å². The fraction of sp³-hybridized carbons (Fsp3) is 0.467. The minimum absolute atomic E-state index is 0.211. The van der Waals surface area contributed by atoms with E-state index in [1.54, 1.807) is 6.92 Å². The predicted octanol–water partition coefficient (Wildman–Crippen LogP) is 0.731. The Morgan fingerprint density at radius 2 is 1.96 bits per heavy atom. The van der Waals surface area contributed by atoms with Gasteiger partial charge in [-0.05, 0) is 25.3 Å². The maximum absolute atomic E-state index is 13.1. The van der Waals surface area contributed by atoms with Crippen LogP contribution < -0.4 is 0 Å². The van der Waals surface area contributed by atoms with Crippen molar-refractivity contribution in [2.45, 2.75) is 31.5 Å². The molecule has 9 heteroatoms. The van der Waals surface area contributed by atoms with Crippen LogP contribution in [0.5, 0.6) is 0 Å². The molecule has 24 heavy (non-hydrogen) atoms. The molecule has 0 aromatic heterocycles. The monoisotopic (exact) mass is 352 g/mol. The molecular weight excluding hydrogens is 336 g/mol. The first kappa shape index (κ1) is 15.7. The molecule has 0 N–H and O–H groups in total. The minimum Gasteiger partial charge on any atom is -0.274 e. The Kier molecular flexibility index (Phi) is 3.33. The van der Waals surface area contributed by atoms with Crippen LogP contribution in [0.25, 0.3) is 0 Å². The van der Waals surface area contributed by atoms with E-state index in [1.807, 2.05) is 30.3 Å². The highest BCUT2D eigenvalue weighted by atomic mass is 32.3. The number of benzene rings is 1. The normalized spacial score (nSPS) is 33.4. The summed E-state index contributed by atoms with van der Waals surface area (Å²) in [7, 11) is -4.34. The summed E-state index contributed by atoms with van der Waals surface area (Å²) in [6.45, 7) is 1.94. The summed E-state index contributed by atoms with van der Waals surface area (Å²) in [6, 6.07) is 8.56. The maximum atomic E-state index is 13.1. The number of carbonyl (C=O) groups is 2. The van der Waals surface area contributed by atoms with Crippen molar-refractivity contribution < 1.29 is 26.5 Å². The Labute approximate surface area is 139 Å². The highest BCUT2D eigenvalue weighted by Crippen LogP contribution is 2.49. The zero-order valence-corrected chi connectivity index (χ0v) is 13.7. The number of piperidine rings is 1. The number of hydrogen-bond donors (Lipinski definition) is 0. The van der Waals surface area contributed by atoms with Crippen LogP contribution in [0.15, 0.2) is 30.3 Å². The zero-order chi connectivity index (χ0) is 17.1. The molecule has 0 radical (unpaired) electrons. The van der Waals surface area contributed by atoms with Crippen LogP contribution in [0.3, 0.4) is 0 Å². The molecule has 3 fully saturated rings. The molecule has 1 spiro atoms. The van der Waals surface area contributed by atoms with E-state index in [1.165, 1.54) is 0 Å². The molecule has 128 valence electrons. The summed E-state index contributed by atoms with van der Waals surface area (Å²) in [5, 5.41) is 1.01. The van der Waals surface area contributed by atoms with Crippen LogP contribution in [-0.4, -0.2) is 42.5 Å². The van der Waals surface area contributed by atoms with Gasteiger partial charge in [0.2, 0.25) is 5.91 Å². The standard InChI is InChI=1S/C15H16N2O6S/c1-10(11-6-3-2-4-7-11)17-13(18)12-8-5-9-16-15(12,14(17)19)22-24(20,21)23-16/h2-4,6-7,10,12H,5,8-9H2,1H3/t10-,12-,15-/m0/s1. The molecule has 1 aromatic carbocycles. The molecule has 3 aliphatic rings. The number of carbonyl (C=O) groups excluding carboxylic acids is 2. The molecule has 3 saturated heterocycles. The van der Waals surface area contributed by atoms with Crippen LogP contribution in [0.1, 0.15) is 31.4 Å². The molecule has 8 nitrogen and oxygen atoms in total. The number of nitrogens with zero attached hydrogens (tertiary/aromatic N) is 2. The van der Waals surface area contributed by atoms with Gasteiger partial charge in [-0.25, -0.2) is 4.18 Å². The lowest BCUT2D eigenvalue weighted by molar-refractivity contribution is -0.205. The van der Waals surface area contributed by atoms with Crippen LogP contribution >= 0.6 is 0 Å². The number of hydroxylamine groups is 2. The second-order valence-electron chi connectivity index (χ2n) is 6.16. The largest absolute Gasteiger partial charge is 0.418 e. The smallest absolute Gasteiger partial charge is 0.274 e. The minimum atomic E-state index is -4.34. The van der Waals surface area contributed by atoms with Gasteiger partial charge in [-0.3, -0.25) is 14.5 Å². The number of imide groups is 1. The van der Waals surface area contributed by atoms with Gasteiger partial charge in [0, 0.05) is 6.54 Å². The molecular formula is C15H16N2O6S. The van der Waals surface area contributed by atoms with Gasteiger partial charge in [0.05, 0.1) is 12.0 Å². The van der Waals surface area contributed by atoms with Crippen molar-refractivity contribution >= 4 is 22.2 Å². The number of rotatable bonds is 2. The molecule has 1 aromatic rings. The molecule has 0 unspecified atom stereocenters. The van der Waals surface area contributed by atoms with Crippen LogP contribution in [0.4, 0.5) is 0 Å². The predicted molar refractivity (Wildman–Crippen MR) is 80.0 cm³/mol. The van der Waals surface area contributed by atoms with Crippen molar-refractivity contribution in [1.82, 2.24) is 9.96 Å². The first-order valence-electron chi connectivity index (χ1n) is 7.72. The van der Waals surface area contributed by atoms with Gasteiger partial charge in [0.1, 0.15) is 0 Å². The van der Waals surface area contributed by atoms with E-state index in [0.29, 0.717) is 12.8 Å². The van der Waals surface area contributed by atoms with Gasteiger partial charge in [-0.15, -0.1) is 5.06 Å². The topological polar surface area (TPSA) is 93.2 Å². The Morgan fingerprint density at radius 3 is 2.67 bits per heavy atom. The van der Waals surface area contributed by atoms with Gasteiger partial charge in [0.25, 0.3) is 11.6 Å². The molecule has 2 amide bonds. The van der Waals surface area contributed by atoms with Gasteiger partial charge < -0.3 is 0 Å². The Bertz CT molecular complexity index is 811. The third kappa shape index (κ3) is 1.99. The van der Waals surface area contributed by atoms with Crippen molar-refractivity contribution in [1.29, 1.82) is 0 Å². The molecule has 0 bridgehead atoms. The van der Waals surface area contributed by atoms with Gasteiger partial charge >= 0.3 is 10.4 Å². The van der Waals surface area contributed by atoms with Crippen molar-refractivity contribution in [3.05, 3.63) is 35.9 Å². The van der Waals surface area contributed by atoms with Crippen LogP contribution in [0, 0.1) is 5.92 Å². The van der Waals surface area contributed by atoms with E-state index in [9.17, 15) is 18.0 Å². The second kappa shape index (κ2) is 5.09. The number of hydrogen-bond acceptors (Lipinski definition) is 7. The van der Waals surface area contributed by atoms with Crippen LogP contribution in [-0.2, 0) is 28.5 Å². The third-order valence-corrected chi connectivity index (χ3v) is 5.66. The fourth-order valence-electron chi connectivity index (χ4n) is 3.72. The second-order valence-corrected chi connectivity index (χ2v) is 7.29. The van der Waals surface area contributed by atoms with Crippen molar-refractivity contribution in [3.63, 3.8) is 0 Å². The van der Waals surface area contributed by atoms with Crippen LogP contribution in [0.2, 0.25) is 0 Å². The summed E-state index contributed by atoms with van der Waals surface area (Å²) < 4.78 is 33.4. The first-order chi connectivity index (χ1) is 11.4. The highest BCUT2D eigenvalue weighted by molar-refractivity contribution is 7.82. The maximum Gasteiger partial charge on any atom is 0.418 e. The van der Waals surface area contributed by atoms with Gasteiger partial charge in [-0.1, -0.05) is 30.3 Å². The van der Waals surface area contributed by atoms with E-state index in [4.69, 9.17) is 8.47 Å². The van der Waals surface area contributed by atoms with Gasteiger partial charge in [-0.2, -0.15) is 12.7 Å². The van der Waals surface area contributed by atoms with E-state index in [-0.39, 0.29) is 6.54 Å². The Morgan fingerprint density at radius 1 is 1.25 bits per heavy atom. The quantitative estimate of drug-likeness (QED) is 0.724. The average molecular weight is 352 g/mol. The average Bonchev–Trinajstić information content (AvgIpc) is 2.96. The third-order valence-electron chi connectivity index (χ3n) is 4.84. The van der Waals surface area contributed by atoms with E-state index >= 15 is 0 Å². The van der Waals surface area contributed by atoms with E-state index in [2.05, 4.69) is 0 Å². The molecule has 3 heterocycles. The molecule has 3 aliphatic heterocycles. The number of likely N-dealkylation sites (tertiary alicyclic amines) is 1. The molecule has 0 saturated carbocycles. The summed E-state index contributed by atoms with van der Waals surface area (Å²) >= 11 is 0. The molecule has 3 atom stereocenters. The number of amides is 2.